The van der Waals surface area contributed by atoms with Crippen LogP contribution < -0.4 is 9.47 Å². The summed E-state index contributed by atoms with van der Waals surface area (Å²) in [6.45, 7) is 3.08. The van der Waals surface area contributed by atoms with Gasteiger partial charge in [-0.3, -0.25) is 0 Å². The smallest absolute Gasteiger partial charge is 0.161 e. The van der Waals surface area contributed by atoms with E-state index in [2.05, 4.69) is 15.9 Å². The van der Waals surface area contributed by atoms with Crippen LogP contribution in [0.15, 0.2) is 30.3 Å². The standard InChI is InChI=1S/C14H14BrClO2S/c1-2-17-13-7-10(8-15)3-5-12(13)18-9-11-4-6-14(16)19-11/h3-7H,2,8-9H2,1H3. The van der Waals surface area contributed by atoms with Gasteiger partial charge in [0.25, 0.3) is 0 Å². The molecule has 0 saturated heterocycles. The minimum atomic E-state index is 0.505. The third-order valence-electron chi connectivity index (χ3n) is 2.46. The SMILES string of the molecule is CCOc1cc(CBr)ccc1OCc1ccc(Cl)s1. The second-order valence-electron chi connectivity index (χ2n) is 3.84. The lowest BCUT2D eigenvalue weighted by atomic mass is 10.2. The zero-order valence-corrected chi connectivity index (χ0v) is 13.6. The molecule has 102 valence electrons. The normalized spacial score (nSPS) is 10.5. The van der Waals surface area contributed by atoms with Crippen LogP contribution >= 0.6 is 38.9 Å². The van der Waals surface area contributed by atoms with Crippen molar-refractivity contribution in [2.45, 2.75) is 18.9 Å². The first-order chi connectivity index (χ1) is 9.22. The second-order valence-corrected chi connectivity index (χ2v) is 6.20. The average Bonchev–Trinajstić information content (AvgIpc) is 2.83. The van der Waals surface area contributed by atoms with Gasteiger partial charge in [0.1, 0.15) is 6.61 Å². The zero-order chi connectivity index (χ0) is 13.7. The van der Waals surface area contributed by atoms with Crippen molar-refractivity contribution in [3.05, 3.63) is 45.1 Å². The van der Waals surface area contributed by atoms with Crippen molar-refractivity contribution in [2.75, 3.05) is 6.61 Å². The van der Waals surface area contributed by atoms with Crippen molar-refractivity contribution in [3.8, 4) is 11.5 Å². The summed E-state index contributed by atoms with van der Waals surface area (Å²) >= 11 is 10.9. The zero-order valence-electron chi connectivity index (χ0n) is 10.5. The minimum Gasteiger partial charge on any atom is -0.490 e. The quantitative estimate of drug-likeness (QED) is 0.652. The van der Waals surface area contributed by atoms with Gasteiger partial charge in [0.2, 0.25) is 0 Å². The number of benzene rings is 1. The van der Waals surface area contributed by atoms with Gasteiger partial charge in [0.05, 0.1) is 10.9 Å². The molecule has 0 aliphatic carbocycles. The Morgan fingerprint density at radius 1 is 1.16 bits per heavy atom. The van der Waals surface area contributed by atoms with Crippen molar-refractivity contribution in [1.29, 1.82) is 0 Å². The Kier molecular flexibility index (Phi) is 5.55. The molecule has 5 heteroatoms. The van der Waals surface area contributed by atoms with E-state index < -0.39 is 0 Å². The Bertz CT molecular complexity index is 542. The number of rotatable bonds is 6. The van der Waals surface area contributed by atoms with Gasteiger partial charge in [0.15, 0.2) is 11.5 Å². The van der Waals surface area contributed by atoms with E-state index in [1.165, 1.54) is 11.3 Å². The highest BCUT2D eigenvalue weighted by molar-refractivity contribution is 9.08. The molecule has 2 aromatic rings. The largest absolute Gasteiger partial charge is 0.490 e. The van der Waals surface area contributed by atoms with Gasteiger partial charge >= 0.3 is 0 Å². The van der Waals surface area contributed by atoms with Crippen molar-refractivity contribution in [3.63, 3.8) is 0 Å². The molecule has 0 atom stereocenters. The fraction of sp³-hybridized carbons (Fsp3) is 0.286. The van der Waals surface area contributed by atoms with E-state index >= 15 is 0 Å². The van der Waals surface area contributed by atoms with Crippen LogP contribution in [0, 0.1) is 0 Å². The summed E-state index contributed by atoms with van der Waals surface area (Å²) in [5.74, 6) is 1.54. The Morgan fingerprint density at radius 3 is 2.63 bits per heavy atom. The molecule has 0 unspecified atom stereocenters. The van der Waals surface area contributed by atoms with Gasteiger partial charge in [-0.1, -0.05) is 33.6 Å². The average molecular weight is 362 g/mol. The predicted molar refractivity (Wildman–Crippen MR) is 83.9 cm³/mol. The number of halogens is 2. The molecular formula is C14H14BrClO2S. The summed E-state index contributed by atoms with van der Waals surface area (Å²) < 4.78 is 12.2. The van der Waals surface area contributed by atoms with E-state index in [0.717, 1.165) is 31.6 Å². The summed E-state index contributed by atoms with van der Waals surface area (Å²) in [6.07, 6.45) is 0. The van der Waals surface area contributed by atoms with Gasteiger partial charge in [-0.05, 0) is 36.8 Å². The van der Waals surface area contributed by atoms with E-state index in [9.17, 15) is 0 Å². The molecule has 0 saturated carbocycles. The number of thiophene rings is 1. The van der Waals surface area contributed by atoms with Gasteiger partial charge in [-0.2, -0.15) is 0 Å². The highest BCUT2D eigenvalue weighted by Crippen LogP contribution is 2.31. The minimum absolute atomic E-state index is 0.505. The summed E-state index contributed by atoms with van der Waals surface area (Å²) in [5, 5.41) is 0.799. The molecule has 0 spiro atoms. The maximum absolute atomic E-state index is 5.90. The van der Waals surface area contributed by atoms with Crippen molar-refractivity contribution >= 4 is 38.9 Å². The van der Waals surface area contributed by atoms with E-state index in [0.29, 0.717) is 13.2 Å². The molecule has 0 N–H and O–H groups in total. The molecule has 0 aliphatic heterocycles. The first kappa shape index (κ1) is 14.7. The highest BCUT2D eigenvalue weighted by atomic mass is 79.9. The number of ether oxygens (including phenoxy) is 2. The third kappa shape index (κ3) is 4.13. The first-order valence-electron chi connectivity index (χ1n) is 5.91. The lowest BCUT2D eigenvalue weighted by Gasteiger charge is -2.12. The molecule has 0 amide bonds. The van der Waals surface area contributed by atoms with Gasteiger partial charge in [-0.25, -0.2) is 0 Å². The fourth-order valence-corrected chi connectivity index (χ4v) is 2.95. The van der Waals surface area contributed by atoms with E-state index in [4.69, 9.17) is 21.1 Å². The van der Waals surface area contributed by atoms with Crippen LogP contribution in [0.5, 0.6) is 11.5 Å². The van der Waals surface area contributed by atoms with Crippen LogP contribution in [0.1, 0.15) is 17.4 Å². The molecule has 1 heterocycles. The maximum atomic E-state index is 5.90. The second kappa shape index (κ2) is 7.17. The van der Waals surface area contributed by atoms with Crippen LogP contribution in [-0.2, 0) is 11.9 Å². The number of hydrogen-bond donors (Lipinski definition) is 0. The fourth-order valence-electron chi connectivity index (χ4n) is 1.60. The molecule has 2 rings (SSSR count). The van der Waals surface area contributed by atoms with Crippen molar-refractivity contribution in [1.82, 2.24) is 0 Å². The third-order valence-corrected chi connectivity index (χ3v) is 4.31. The van der Waals surface area contributed by atoms with E-state index in [-0.39, 0.29) is 0 Å². The number of hydrogen-bond acceptors (Lipinski definition) is 3. The summed E-state index contributed by atoms with van der Waals surface area (Å²) in [7, 11) is 0. The van der Waals surface area contributed by atoms with E-state index in [1.54, 1.807) is 0 Å². The predicted octanol–water partition coefficient (Wildman–Crippen LogP) is 5.27. The Morgan fingerprint density at radius 2 is 2.00 bits per heavy atom. The van der Waals surface area contributed by atoms with Crippen LogP contribution in [-0.4, -0.2) is 6.61 Å². The van der Waals surface area contributed by atoms with Crippen LogP contribution in [0.3, 0.4) is 0 Å². The molecule has 0 aliphatic rings. The van der Waals surface area contributed by atoms with Crippen LogP contribution in [0.4, 0.5) is 0 Å². The molecule has 1 aromatic heterocycles. The van der Waals surface area contributed by atoms with Crippen LogP contribution in [0.25, 0.3) is 0 Å². The monoisotopic (exact) mass is 360 g/mol. The van der Waals surface area contributed by atoms with Crippen molar-refractivity contribution < 1.29 is 9.47 Å². The highest BCUT2D eigenvalue weighted by Gasteiger charge is 2.07. The maximum Gasteiger partial charge on any atom is 0.161 e. The first-order valence-corrected chi connectivity index (χ1v) is 8.23. The lowest BCUT2D eigenvalue weighted by molar-refractivity contribution is 0.271. The summed E-state index contributed by atoms with van der Waals surface area (Å²) in [6, 6.07) is 9.81. The Hall–Kier alpha value is -0.710. The molecule has 0 bridgehead atoms. The van der Waals surface area contributed by atoms with Crippen LogP contribution in [0.2, 0.25) is 4.34 Å². The van der Waals surface area contributed by atoms with Crippen molar-refractivity contribution in [2.24, 2.45) is 0 Å². The van der Waals surface area contributed by atoms with E-state index in [1.807, 2.05) is 37.3 Å². The molecule has 0 fully saturated rings. The molecule has 1 aromatic carbocycles. The lowest BCUT2D eigenvalue weighted by Crippen LogP contribution is -1.99. The summed E-state index contributed by atoms with van der Waals surface area (Å²) in [4.78, 5) is 1.09. The molecule has 19 heavy (non-hydrogen) atoms. The number of alkyl halides is 1. The Balaban J connectivity index is 2.10. The summed E-state index contributed by atoms with van der Waals surface area (Å²) in [5.41, 5.74) is 1.16. The van der Waals surface area contributed by atoms with Gasteiger partial charge < -0.3 is 9.47 Å². The van der Waals surface area contributed by atoms with Gasteiger partial charge in [-0.15, -0.1) is 11.3 Å². The molecule has 2 nitrogen and oxygen atoms in total. The molecular weight excluding hydrogens is 348 g/mol. The topological polar surface area (TPSA) is 18.5 Å². The molecule has 0 radical (unpaired) electrons. The van der Waals surface area contributed by atoms with Gasteiger partial charge in [0, 0.05) is 10.2 Å². The Labute approximate surface area is 130 Å².